The molecule has 2 aromatic rings. The average Bonchev–Trinajstić information content (AvgIpc) is 2.86. The number of nitro groups is 1. The van der Waals surface area contributed by atoms with Gasteiger partial charge in [0.1, 0.15) is 10.6 Å². The molecule has 88 valence electrons. The third-order valence-electron chi connectivity index (χ3n) is 2.17. The molecule has 0 saturated heterocycles. The van der Waals surface area contributed by atoms with Crippen LogP contribution in [-0.4, -0.2) is 26.1 Å². The van der Waals surface area contributed by atoms with Crippen LogP contribution in [0.1, 0.15) is 5.56 Å². The fourth-order valence-corrected chi connectivity index (χ4v) is 1.47. The van der Waals surface area contributed by atoms with Gasteiger partial charge in [0.2, 0.25) is 0 Å². The first-order valence-corrected chi connectivity index (χ1v) is 4.57. The maximum Gasteiger partial charge on any atom is 0.433 e. The first-order valence-electron chi connectivity index (χ1n) is 4.57. The van der Waals surface area contributed by atoms with Crippen molar-refractivity contribution < 1.29 is 14.5 Å². The van der Waals surface area contributed by atoms with Crippen molar-refractivity contribution in [3.8, 4) is 11.5 Å². The highest BCUT2D eigenvalue weighted by atomic mass is 16.6. The number of furan rings is 1. The van der Waals surface area contributed by atoms with Gasteiger partial charge in [-0.1, -0.05) is 5.16 Å². The number of rotatable bonds is 3. The van der Waals surface area contributed by atoms with Gasteiger partial charge in [0.25, 0.3) is 0 Å². The molecule has 0 aliphatic carbocycles. The number of aryl methyl sites for hydroxylation is 1. The highest BCUT2D eigenvalue weighted by molar-refractivity contribution is 5.87. The van der Waals surface area contributed by atoms with E-state index in [-0.39, 0.29) is 11.6 Å². The van der Waals surface area contributed by atoms with Crippen LogP contribution in [0.2, 0.25) is 0 Å². The first-order chi connectivity index (χ1) is 8.13. The Morgan fingerprint density at radius 2 is 2.41 bits per heavy atom. The molecule has 0 atom stereocenters. The predicted molar refractivity (Wildman–Crippen MR) is 56.9 cm³/mol. The lowest BCUT2D eigenvalue weighted by Crippen LogP contribution is -1.94. The van der Waals surface area contributed by atoms with Crippen molar-refractivity contribution in [2.75, 3.05) is 0 Å². The van der Waals surface area contributed by atoms with Gasteiger partial charge in [-0.25, -0.2) is 0 Å². The van der Waals surface area contributed by atoms with Crippen LogP contribution in [0, 0.1) is 10.1 Å². The van der Waals surface area contributed by atoms with Gasteiger partial charge in [-0.2, -0.15) is 5.10 Å². The van der Waals surface area contributed by atoms with Crippen LogP contribution in [0.5, 0.6) is 0 Å². The summed E-state index contributed by atoms with van der Waals surface area (Å²) in [7, 11) is 1.65. The summed E-state index contributed by atoms with van der Waals surface area (Å²) in [5.74, 6) is -0.0697. The Labute approximate surface area is 94.9 Å². The SMILES string of the molecule is Cn1ncc(C=NO)c1-c1ccc([N+](=O)[O-])o1. The molecule has 0 radical (unpaired) electrons. The molecule has 0 amide bonds. The van der Waals surface area contributed by atoms with Crippen molar-refractivity contribution in [3.05, 3.63) is 34.0 Å². The average molecular weight is 236 g/mol. The number of hydrogen-bond donors (Lipinski definition) is 1. The topological polar surface area (TPSA) is 107 Å². The smallest absolute Gasteiger partial charge is 0.411 e. The van der Waals surface area contributed by atoms with Crippen molar-refractivity contribution in [1.29, 1.82) is 0 Å². The van der Waals surface area contributed by atoms with Gasteiger partial charge in [-0.05, 0) is 6.07 Å². The molecule has 0 aliphatic heterocycles. The normalized spacial score (nSPS) is 11.1. The third-order valence-corrected chi connectivity index (χ3v) is 2.17. The van der Waals surface area contributed by atoms with Gasteiger partial charge < -0.3 is 9.62 Å². The monoisotopic (exact) mass is 236 g/mol. The molecule has 0 saturated carbocycles. The number of aromatic nitrogens is 2. The Hall–Kier alpha value is -2.64. The van der Waals surface area contributed by atoms with E-state index in [0.29, 0.717) is 11.3 Å². The zero-order chi connectivity index (χ0) is 12.4. The maximum atomic E-state index is 10.5. The van der Waals surface area contributed by atoms with Gasteiger partial charge in [0, 0.05) is 12.6 Å². The van der Waals surface area contributed by atoms with Gasteiger partial charge in [0.05, 0.1) is 18.5 Å². The van der Waals surface area contributed by atoms with Crippen LogP contribution in [0.3, 0.4) is 0 Å². The van der Waals surface area contributed by atoms with Gasteiger partial charge in [0.15, 0.2) is 5.76 Å². The first kappa shape index (κ1) is 10.9. The number of oxime groups is 1. The summed E-state index contributed by atoms with van der Waals surface area (Å²) < 4.78 is 6.53. The van der Waals surface area contributed by atoms with Crippen molar-refractivity contribution in [2.24, 2.45) is 12.2 Å². The van der Waals surface area contributed by atoms with Crippen molar-refractivity contribution in [1.82, 2.24) is 9.78 Å². The second-order valence-electron chi connectivity index (χ2n) is 3.21. The Kier molecular flexibility index (Phi) is 2.61. The van der Waals surface area contributed by atoms with Crippen molar-refractivity contribution in [3.63, 3.8) is 0 Å². The fraction of sp³-hybridized carbons (Fsp3) is 0.111. The van der Waals surface area contributed by atoms with Crippen LogP contribution in [-0.2, 0) is 7.05 Å². The molecule has 1 N–H and O–H groups in total. The fourth-order valence-electron chi connectivity index (χ4n) is 1.47. The number of hydrogen-bond acceptors (Lipinski definition) is 6. The minimum absolute atomic E-state index is 0.284. The summed E-state index contributed by atoms with van der Waals surface area (Å²) in [5.41, 5.74) is 0.996. The molecule has 2 heterocycles. The summed E-state index contributed by atoms with van der Waals surface area (Å²) >= 11 is 0. The van der Waals surface area contributed by atoms with E-state index >= 15 is 0 Å². The molecule has 8 heteroatoms. The van der Waals surface area contributed by atoms with Crippen LogP contribution in [0.4, 0.5) is 5.88 Å². The molecule has 0 aromatic carbocycles. The second kappa shape index (κ2) is 4.08. The van der Waals surface area contributed by atoms with Gasteiger partial charge in [-0.15, -0.1) is 0 Å². The molecular weight excluding hydrogens is 228 g/mol. The highest BCUT2D eigenvalue weighted by Crippen LogP contribution is 2.27. The van der Waals surface area contributed by atoms with Crippen LogP contribution in [0.15, 0.2) is 27.9 Å². The largest absolute Gasteiger partial charge is 0.433 e. The summed E-state index contributed by atoms with van der Waals surface area (Å²) in [6.45, 7) is 0. The van der Waals surface area contributed by atoms with E-state index < -0.39 is 4.92 Å². The molecule has 17 heavy (non-hydrogen) atoms. The molecule has 0 unspecified atom stereocenters. The van der Waals surface area contributed by atoms with E-state index in [2.05, 4.69) is 10.3 Å². The van der Waals surface area contributed by atoms with E-state index in [4.69, 9.17) is 9.62 Å². The van der Waals surface area contributed by atoms with Crippen molar-refractivity contribution in [2.45, 2.75) is 0 Å². The lowest BCUT2D eigenvalue weighted by Gasteiger charge is -1.98. The van der Waals surface area contributed by atoms with Gasteiger partial charge in [-0.3, -0.25) is 14.8 Å². The summed E-state index contributed by atoms with van der Waals surface area (Å²) in [4.78, 5) is 9.88. The van der Waals surface area contributed by atoms with E-state index in [1.54, 1.807) is 7.05 Å². The lowest BCUT2D eigenvalue weighted by molar-refractivity contribution is -0.401. The zero-order valence-corrected chi connectivity index (χ0v) is 8.77. The van der Waals surface area contributed by atoms with Crippen LogP contribution >= 0.6 is 0 Å². The Morgan fingerprint density at radius 3 is 3.00 bits per heavy atom. The molecule has 0 spiro atoms. The molecule has 2 aromatic heterocycles. The standard InChI is InChI=1S/C9H8N4O4/c1-12-9(6(4-10-12)5-11-14)7-2-3-8(17-7)13(15)16/h2-5,14H,1H3. The lowest BCUT2D eigenvalue weighted by atomic mass is 10.2. The number of nitrogens with zero attached hydrogens (tertiary/aromatic N) is 4. The second-order valence-corrected chi connectivity index (χ2v) is 3.21. The highest BCUT2D eigenvalue weighted by Gasteiger charge is 2.18. The Balaban J connectivity index is 2.51. The summed E-state index contributed by atoms with van der Waals surface area (Å²) in [6, 6.07) is 2.71. The van der Waals surface area contributed by atoms with E-state index in [9.17, 15) is 10.1 Å². The van der Waals surface area contributed by atoms with Crippen molar-refractivity contribution >= 4 is 12.1 Å². The molecule has 0 aliphatic rings. The third kappa shape index (κ3) is 1.87. The van der Waals surface area contributed by atoms with E-state index in [1.165, 1.54) is 29.2 Å². The zero-order valence-electron chi connectivity index (χ0n) is 8.77. The molecular formula is C9H8N4O4. The maximum absolute atomic E-state index is 10.5. The quantitative estimate of drug-likeness (QED) is 0.375. The van der Waals surface area contributed by atoms with Gasteiger partial charge >= 0.3 is 5.88 Å². The summed E-state index contributed by atoms with van der Waals surface area (Å²) in [5, 5.41) is 25.8. The molecule has 8 nitrogen and oxygen atoms in total. The Bertz CT molecular complexity index is 584. The molecule has 0 bridgehead atoms. The molecule has 0 fully saturated rings. The Morgan fingerprint density at radius 1 is 1.65 bits per heavy atom. The molecule has 2 rings (SSSR count). The minimum Gasteiger partial charge on any atom is -0.411 e. The van der Waals surface area contributed by atoms with Crippen LogP contribution < -0.4 is 0 Å². The minimum atomic E-state index is -0.625. The van der Waals surface area contributed by atoms with E-state index in [0.717, 1.165) is 0 Å². The predicted octanol–water partition coefficient (Wildman–Crippen LogP) is 1.40. The van der Waals surface area contributed by atoms with Crippen LogP contribution in [0.25, 0.3) is 11.5 Å². The summed E-state index contributed by atoms with van der Waals surface area (Å²) in [6.07, 6.45) is 2.64. The van der Waals surface area contributed by atoms with E-state index in [1.807, 2.05) is 0 Å².